The second-order valence-corrected chi connectivity index (χ2v) is 5.99. The van der Waals surface area contributed by atoms with Gasteiger partial charge in [0.2, 0.25) is 0 Å². The fraction of sp³-hybridized carbons (Fsp3) is 0. The van der Waals surface area contributed by atoms with Crippen LogP contribution in [-0.4, -0.2) is 15.9 Å². The SMILES string of the molecule is O=C(Nc1nc2c(F)cc(F)cc2s1)c1c[nH]c2ccccc12. The number of nitrogens with zero attached hydrogens (tertiary/aromatic N) is 1. The summed E-state index contributed by atoms with van der Waals surface area (Å²) in [6, 6.07) is 9.36. The number of hydrogen-bond donors (Lipinski definition) is 2. The van der Waals surface area contributed by atoms with Crippen molar-refractivity contribution in [3.8, 4) is 0 Å². The third kappa shape index (κ3) is 2.35. The molecule has 0 saturated carbocycles. The van der Waals surface area contributed by atoms with Crippen molar-refractivity contribution in [3.05, 3.63) is 59.8 Å². The Balaban J connectivity index is 1.70. The van der Waals surface area contributed by atoms with Crippen molar-refractivity contribution in [1.29, 1.82) is 0 Å². The molecule has 0 spiro atoms. The van der Waals surface area contributed by atoms with Crippen LogP contribution in [0.25, 0.3) is 21.1 Å². The number of nitrogens with one attached hydrogen (secondary N) is 2. The highest BCUT2D eigenvalue weighted by atomic mass is 32.1. The molecule has 1 amide bonds. The number of hydrogen-bond acceptors (Lipinski definition) is 3. The number of carbonyl (C=O) groups is 1. The Morgan fingerprint density at radius 1 is 1.22 bits per heavy atom. The highest BCUT2D eigenvalue weighted by Gasteiger charge is 2.15. The van der Waals surface area contributed by atoms with Crippen molar-refractivity contribution >= 4 is 43.5 Å². The summed E-state index contributed by atoms with van der Waals surface area (Å²) in [5, 5.41) is 3.63. The van der Waals surface area contributed by atoms with Gasteiger partial charge < -0.3 is 4.98 Å². The summed E-state index contributed by atoms with van der Waals surface area (Å²) in [6.07, 6.45) is 1.60. The van der Waals surface area contributed by atoms with Gasteiger partial charge in [0.15, 0.2) is 10.9 Å². The van der Waals surface area contributed by atoms with Crippen LogP contribution in [0.3, 0.4) is 0 Å². The average molecular weight is 329 g/mol. The molecule has 114 valence electrons. The Labute approximate surface area is 132 Å². The van der Waals surface area contributed by atoms with Gasteiger partial charge in [-0.2, -0.15) is 0 Å². The summed E-state index contributed by atoms with van der Waals surface area (Å²) in [5.41, 5.74) is 1.35. The predicted octanol–water partition coefficient (Wildman–Crippen LogP) is 4.31. The van der Waals surface area contributed by atoms with Crippen LogP contribution >= 0.6 is 11.3 Å². The molecule has 0 aliphatic heterocycles. The van der Waals surface area contributed by atoms with E-state index in [1.165, 1.54) is 6.07 Å². The third-order valence-electron chi connectivity index (χ3n) is 3.47. The van der Waals surface area contributed by atoms with Crippen LogP contribution in [-0.2, 0) is 0 Å². The van der Waals surface area contributed by atoms with E-state index in [0.29, 0.717) is 10.3 Å². The van der Waals surface area contributed by atoms with Crippen molar-refractivity contribution < 1.29 is 13.6 Å². The second kappa shape index (κ2) is 5.13. The van der Waals surface area contributed by atoms with Crippen molar-refractivity contribution in [2.24, 2.45) is 0 Å². The first-order chi connectivity index (χ1) is 11.1. The molecule has 0 atom stereocenters. The van der Waals surface area contributed by atoms with Crippen molar-refractivity contribution in [3.63, 3.8) is 0 Å². The van der Waals surface area contributed by atoms with Crippen LogP contribution in [0.5, 0.6) is 0 Å². The van der Waals surface area contributed by atoms with Crippen molar-refractivity contribution in [2.45, 2.75) is 0 Å². The van der Waals surface area contributed by atoms with Gasteiger partial charge in [-0.1, -0.05) is 29.5 Å². The molecule has 23 heavy (non-hydrogen) atoms. The van der Waals surface area contributed by atoms with Crippen LogP contribution in [0.2, 0.25) is 0 Å². The topological polar surface area (TPSA) is 57.8 Å². The summed E-state index contributed by atoms with van der Waals surface area (Å²) < 4.78 is 27.2. The molecule has 0 aliphatic carbocycles. The van der Waals surface area contributed by atoms with Gasteiger partial charge in [0.25, 0.3) is 5.91 Å². The maximum absolute atomic E-state index is 13.7. The van der Waals surface area contributed by atoms with Crippen LogP contribution in [0.4, 0.5) is 13.9 Å². The number of aromatic amines is 1. The predicted molar refractivity (Wildman–Crippen MR) is 85.8 cm³/mol. The van der Waals surface area contributed by atoms with Gasteiger partial charge in [-0.25, -0.2) is 13.8 Å². The molecule has 0 aliphatic rings. The lowest BCUT2D eigenvalue weighted by atomic mass is 10.2. The molecule has 4 aromatic rings. The van der Waals surface area contributed by atoms with Gasteiger partial charge in [0.1, 0.15) is 11.3 Å². The van der Waals surface area contributed by atoms with E-state index in [9.17, 15) is 13.6 Å². The van der Waals surface area contributed by atoms with Crippen LogP contribution in [0, 0.1) is 11.6 Å². The molecule has 2 aromatic heterocycles. The van der Waals surface area contributed by atoms with Crippen LogP contribution in [0.15, 0.2) is 42.6 Å². The van der Waals surface area contributed by atoms with E-state index in [2.05, 4.69) is 15.3 Å². The number of benzene rings is 2. The number of amides is 1. The van der Waals surface area contributed by atoms with E-state index in [4.69, 9.17) is 0 Å². The van der Waals surface area contributed by atoms with Gasteiger partial charge >= 0.3 is 0 Å². The monoisotopic (exact) mass is 329 g/mol. The average Bonchev–Trinajstić information content (AvgIpc) is 3.10. The summed E-state index contributed by atoms with van der Waals surface area (Å²) >= 11 is 1.02. The zero-order valence-electron chi connectivity index (χ0n) is 11.6. The zero-order chi connectivity index (χ0) is 16.0. The summed E-state index contributed by atoms with van der Waals surface area (Å²) in [4.78, 5) is 19.4. The molecular formula is C16H9F2N3OS. The number of anilines is 1. The number of aromatic nitrogens is 2. The molecule has 4 nitrogen and oxygen atoms in total. The van der Waals surface area contributed by atoms with Crippen molar-refractivity contribution in [1.82, 2.24) is 9.97 Å². The van der Waals surface area contributed by atoms with E-state index < -0.39 is 11.6 Å². The van der Waals surface area contributed by atoms with E-state index in [0.717, 1.165) is 28.3 Å². The lowest BCUT2D eigenvalue weighted by Gasteiger charge is -1.99. The Kier molecular flexibility index (Phi) is 3.09. The van der Waals surface area contributed by atoms with E-state index in [1.54, 1.807) is 6.20 Å². The van der Waals surface area contributed by atoms with Gasteiger partial charge in [-0.15, -0.1) is 0 Å². The summed E-state index contributed by atoms with van der Waals surface area (Å²) in [7, 11) is 0. The molecule has 2 aromatic carbocycles. The maximum atomic E-state index is 13.7. The fourth-order valence-electron chi connectivity index (χ4n) is 2.43. The minimum absolute atomic E-state index is 0.0469. The molecule has 0 radical (unpaired) electrons. The fourth-order valence-corrected chi connectivity index (χ4v) is 3.33. The van der Waals surface area contributed by atoms with E-state index in [-0.39, 0.29) is 16.6 Å². The number of halogens is 2. The van der Waals surface area contributed by atoms with Crippen molar-refractivity contribution in [2.75, 3.05) is 5.32 Å². The lowest BCUT2D eigenvalue weighted by Crippen LogP contribution is -2.10. The maximum Gasteiger partial charge on any atom is 0.259 e. The van der Waals surface area contributed by atoms with Crippen LogP contribution in [0.1, 0.15) is 10.4 Å². The highest BCUT2D eigenvalue weighted by Crippen LogP contribution is 2.29. The normalized spacial score (nSPS) is 11.2. The Morgan fingerprint density at radius 2 is 2.04 bits per heavy atom. The minimum atomic E-state index is -0.746. The molecule has 0 bridgehead atoms. The van der Waals surface area contributed by atoms with E-state index in [1.807, 2.05) is 24.3 Å². The van der Waals surface area contributed by atoms with Gasteiger partial charge in [-0.05, 0) is 12.1 Å². The molecular weight excluding hydrogens is 320 g/mol. The number of fused-ring (bicyclic) bond motifs is 2. The Bertz CT molecular complexity index is 1050. The molecule has 4 rings (SSSR count). The van der Waals surface area contributed by atoms with Crippen LogP contribution < -0.4 is 5.32 Å². The van der Waals surface area contributed by atoms with E-state index >= 15 is 0 Å². The molecule has 0 saturated heterocycles. The summed E-state index contributed by atoms with van der Waals surface area (Å²) in [6.45, 7) is 0. The standard InChI is InChI=1S/C16H9F2N3OS/c17-8-5-11(18)14-13(6-8)23-16(20-14)21-15(22)10-7-19-12-4-2-1-3-9(10)12/h1-7,19H,(H,20,21,22). The number of H-pyrrole nitrogens is 1. The molecule has 0 fully saturated rings. The molecule has 7 heteroatoms. The second-order valence-electron chi connectivity index (χ2n) is 4.96. The zero-order valence-corrected chi connectivity index (χ0v) is 12.4. The Hall–Kier alpha value is -2.80. The summed E-state index contributed by atoms with van der Waals surface area (Å²) in [5.74, 6) is -1.78. The lowest BCUT2D eigenvalue weighted by molar-refractivity contribution is 0.102. The quantitative estimate of drug-likeness (QED) is 0.576. The smallest absolute Gasteiger partial charge is 0.259 e. The molecule has 2 N–H and O–H groups in total. The first-order valence-electron chi connectivity index (χ1n) is 6.75. The third-order valence-corrected chi connectivity index (χ3v) is 4.39. The first-order valence-corrected chi connectivity index (χ1v) is 7.56. The molecule has 0 unspecified atom stereocenters. The van der Waals surface area contributed by atoms with Gasteiger partial charge in [-0.3, -0.25) is 10.1 Å². The number of thiazole rings is 1. The first kappa shape index (κ1) is 13.8. The van der Waals surface area contributed by atoms with Gasteiger partial charge in [0, 0.05) is 23.2 Å². The Morgan fingerprint density at radius 3 is 2.91 bits per heavy atom. The number of carbonyl (C=O) groups excluding carboxylic acids is 1. The number of para-hydroxylation sites is 1. The van der Waals surface area contributed by atoms with Gasteiger partial charge in [0.05, 0.1) is 10.3 Å². The number of rotatable bonds is 2. The largest absolute Gasteiger partial charge is 0.360 e. The highest BCUT2D eigenvalue weighted by molar-refractivity contribution is 7.22. The molecule has 2 heterocycles. The minimum Gasteiger partial charge on any atom is -0.360 e.